The number of nitrogens with one attached hydrogen (secondary N) is 2. The second-order valence-electron chi connectivity index (χ2n) is 21.0. The van der Waals surface area contributed by atoms with Crippen molar-refractivity contribution >= 4 is 118 Å². The zero-order chi connectivity index (χ0) is 71.4. The van der Waals surface area contributed by atoms with Crippen LogP contribution < -0.4 is 83.8 Å². The van der Waals surface area contributed by atoms with Gasteiger partial charge in [0.05, 0.1) is 57.2 Å². The average molecular weight is 1790 g/mol. The number of anilines is 4. The van der Waals surface area contributed by atoms with E-state index in [4.69, 9.17) is 61.2 Å². The first-order valence-electron chi connectivity index (χ1n) is 31.1. The summed E-state index contributed by atoms with van der Waals surface area (Å²) < 4.78 is 14.2. The summed E-state index contributed by atoms with van der Waals surface area (Å²) in [6.07, 6.45) is 0. The summed E-state index contributed by atoms with van der Waals surface area (Å²) in [7, 11) is -5.25. The second-order valence-corrected chi connectivity index (χ2v) is 30.7. The van der Waals surface area contributed by atoms with Crippen LogP contribution in [0.1, 0.15) is 27.7 Å². The van der Waals surface area contributed by atoms with Gasteiger partial charge >= 0.3 is 44.8 Å². The largest absolute Gasteiger partial charge is 1.00 e. The van der Waals surface area contributed by atoms with E-state index in [0.717, 1.165) is 45.7 Å². The first-order valence-corrected chi connectivity index (χ1v) is 37.1. The Hall–Kier alpha value is -10.6. The molecular formula is C80H70Au2N8O8P4+4. The maximum absolute atomic E-state index is 8.25. The van der Waals surface area contributed by atoms with Gasteiger partial charge in [0.15, 0.2) is 23.0 Å². The van der Waals surface area contributed by atoms with E-state index >= 15 is 0 Å². The fourth-order valence-electron chi connectivity index (χ4n) is 11.0. The third-order valence-corrected chi connectivity index (χ3v) is 25.6. The molecule has 516 valence electrons. The first kappa shape index (κ1) is 82.1. The van der Waals surface area contributed by atoms with Gasteiger partial charge in [-0.2, -0.15) is 21.0 Å². The fourth-order valence-corrected chi connectivity index (χ4v) is 21.7. The Morgan fingerprint density at radius 1 is 0.265 bits per heavy atom. The number of rotatable bonds is 12. The molecule has 12 aromatic rings. The van der Waals surface area contributed by atoms with Gasteiger partial charge in [-0.1, -0.05) is 170 Å². The molecular weight excluding hydrogens is 1720 g/mol. The van der Waals surface area contributed by atoms with Gasteiger partial charge in [-0.05, 0) is 146 Å². The number of benzene rings is 12. The van der Waals surface area contributed by atoms with Gasteiger partial charge in [0.2, 0.25) is 0 Å². The van der Waals surface area contributed by atoms with E-state index in [1.54, 1.807) is 24.3 Å². The number of ether oxygens (including phenoxy) is 2. The summed E-state index contributed by atoms with van der Waals surface area (Å²) in [5.74, 6) is 3.75. The SMILES string of the molecule is CC#N.CC#N.CC#N.CC#N.O=[N+]([O-])[O-].O=[N+]([O-])[O-].[Au+].[Au+].c1ccc([PH+](c2ccccc2)c2cccc3c2Oc2c(cccc2[PH+](c2ccccc2)c2ccccc2)N3)cc1.c1ccc([PH+](c2ccccc2)c2cccc3c2Oc2c(cccc2[PH+](c2ccccc2)c2ccccc2)N3)cc1. The topological polar surface area (TPSA) is 270 Å². The molecule has 14 rings (SSSR count). The summed E-state index contributed by atoms with van der Waals surface area (Å²) in [5.41, 5.74) is 4.07. The molecule has 0 unspecified atom stereocenters. The molecule has 0 saturated carbocycles. The minimum absolute atomic E-state index is 0. The van der Waals surface area contributed by atoms with Crippen LogP contribution in [0.5, 0.6) is 23.0 Å². The van der Waals surface area contributed by atoms with E-state index in [-0.39, 0.29) is 44.8 Å². The number of fused-ring (bicyclic) bond motifs is 4. The molecule has 0 fully saturated rings. The van der Waals surface area contributed by atoms with Crippen LogP contribution in [-0.2, 0) is 44.8 Å². The molecule has 102 heavy (non-hydrogen) atoms. The van der Waals surface area contributed by atoms with Gasteiger partial charge in [0.25, 0.3) is 0 Å². The maximum Gasteiger partial charge on any atom is 1.00 e. The van der Waals surface area contributed by atoms with Gasteiger partial charge in [-0.15, -0.1) is 0 Å². The van der Waals surface area contributed by atoms with Crippen LogP contribution in [0, 0.1) is 76.0 Å². The number of para-hydroxylation sites is 4. The van der Waals surface area contributed by atoms with Crippen molar-refractivity contribution in [3.05, 3.63) is 346 Å². The number of hydrogen-bond acceptors (Lipinski definition) is 14. The molecule has 0 atom stereocenters. The van der Waals surface area contributed by atoms with Crippen LogP contribution in [0.2, 0.25) is 0 Å². The molecule has 0 aliphatic carbocycles. The second kappa shape index (κ2) is 44.5. The van der Waals surface area contributed by atoms with Crippen LogP contribution in [0.4, 0.5) is 22.7 Å². The summed E-state index contributed by atoms with van der Waals surface area (Å²) in [6, 6.07) is 120. The fraction of sp³-hybridized carbons (Fsp3) is 0.0500. The number of nitrogens with zero attached hydrogens (tertiary/aromatic N) is 6. The molecule has 0 radical (unpaired) electrons. The van der Waals surface area contributed by atoms with E-state index in [9.17, 15) is 0 Å². The molecule has 0 bridgehead atoms. The quantitative estimate of drug-likeness (QED) is 0.0498. The third kappa shape index (κ3) is 23.2. The predicted molar refractivity (Wildman–Crippen MR) is 419 cm³/mol. The van der Waals surface area contributed by atoms with Gasteiger partial charge in [-0.25, -0.2) is 0 Å². The van der Waals surface area contributed by atoms with Crippen molar-refractivity contribution in [2.75, 3.05) is 10.6 Å². The minimum Gasteiger partial charge on any atom is -0.445 e. The molecule has 2 aliphatic heterocycles. The predicted octanol–water partition coefficient (Wildman–Crippen LogP) is 14.7. The van der Waals surface area contributed by atoms with Crippen molar-refractivity contribution in [2.45, 2.75) is 27.7 Å². The zero-order valence-corrected chi connectivity index (χ0v) is 63.9. The minimum atomic E-state index is -1.75. The van der Waals surface area contributed by atoms with Crippen LogP contribution in [-0.4, -0.2) is 10.2 Å². The molecule has 0 saturated heterocycles. The molecule has 2 N–H and O–H groups in total. The van der Waals surface area contributed by atoms with Crippen molar-refractivity contribution < 1.29 is 64.4 Å². The summed E-state index contributed by atoms with van der Waals surface area (Å²) in [6.45, 7) is 5.72. The van der Waals surface area contributed by atoms with Gasteiger partial charge in [-0.3, -0.25) is 0 Å². The van der Waals surface area contributed by atoms with E-state index < -0.39 is 41.9 Å². The van der Waals surface area contributed by atoms with E-state index in [0.29, 0.717) is 0 Å². The smallest absolute Gasteiger partial charge is 0.445 e. The van der Waals surface area contributed by atoms with Crippen LogP contribution >= 0.6 is 31.7 Å². The third-order valence-electron chi connectivity index (χ3n) is 14.6. The van der Waals surface area contributed by atoms with Crippen LogP contribution in [0.3, 0.4) is 0 Å². The summed E-state index contributed by atoms with van der Waals surface area (Å²) >= 11 is 0. The maximum atomic E-state index is 8.25. The van der Waals surface area contributed by atoms with Gasteiger partial charge in [0.1, 0.15) is 95.3 Å². The Bertz CT molecular complexity index is 3980. The summed E-state index contributed by atoms with van der Waals surface area (Å²) in [4.78, 5) is 16.5. The monoisotopic (exact) mass is 1790 g/mol. The standard InChI is InChI=1S/2C36H27NOP2.4C2H3N.2Au.2NO3/c2*1-5-15-27(16-6-1)39(28-17-7-2-8-18-28)33-25-13-23-31-35(33)38-36-32(37-31)24-14-26-34(36)40(29-19-9-3-10-20-29)30-21-11-4-12-22-30;4*1-2-3;;;2*2-1(3)4/h2*1-26,37H;4*1H3;;;;/q;;;;;;2*+1;2*-1/p+4. The molecule has 12 aromatic carbocycles. The zero-order valence-electron chi connectivity index (χ0n) is 55.6. The molecule has 2 heterocycles. The Kier molecular flexibility index (Phi) is 35.8. The van der Waals surface area contributed by atoms with Crippen LogP contribution in [0.25, 0.3) is 0 Å². The van der Waals surface area contributed by atoms with Crippen molar-refractivity contribution in [2.24, 2.45) is 0 Å². The van der Waals surface area contributed by atoms with Crippen molar-refractivity contribution in [1.82, 2.24) is 0 Å². The molecule has 2 aliphatic rings. The number of nitriles is 4. The number of hydrogen-bond donors (Lipinski definition) is 2. The molecule has 0 aromatic heterocycles. The normalized spacial score (nSPS) is 10.1. The summed E-state index contributed by atoms with van der Waals surface area (Å²) in [5, 5.41) is 82.0. The van der Waals surface area contributed by atoms with Gasteiger partial charge in [0, 0.05) is 27.7 Å². The average Bonchev–Trinajstić information content (AvgIpc) is 0.758. The Labute approximate surface area is 630 Å². The van der Waals surface area contributed by atoms with Gasteiger partial charge < -0.3 is 50.8 Å². The molecule has 0 spiro atoms. The van der Waals surface area contributed by atoms with E-state index in [2.05, 4.69) is 326 Å². The van der Waals surface area contributed by atoms with Crippen LogP contribution in [0.15, 0.2) is 315 Å². The molecule has 16 nitrogen and oxygen atoms in total. The van der Waals surface area contributed by atoms with E-state index in [1.165, 1.54) is 91.3 Å². The van der Waals surface area contributed by atoms with Crippen molar-refractivity contribution in [3.63, 3.8) is 0 Å². The molecule has 22 heteroatoms. The van der Waals surface area contributed by atoms with E-state index in [1.807, 2.05) is 0 Å². The van der Waals surface area contributed by atoms with Crippen molar-refractivity contribution in [3.8, 4) is 47.3 Å². The van der Waals surface area contributed by atoms with Crippen molar-refractivity contribution in [1.29, 1.82) is 21.0 Å². The first-order chi connectivity index (χ1) is 48.9. The Morgan fingerprint density at radius 2 is 0.392 bits per heavy atom. The Balaban J connectivity index is 0.000000287. The Morgan fingerprint density at radius 3 is 0.520 bits per heavy atom. The molecule has 0 amide bonds.